The third-order valence-corrected chi connectivity index (χ3v) is 6.06. The van der Waals surface area contributed by atoms with Gasteiger partial charge >= 0.3 is 6.03 Å². The molecule has 2 heterocycles. The van der Waals surface area contributed by atoms with Crippen molar-refractivity contribution in [2.24, 2.45) is 0 Å². The number of carbonyl (C=O) groups is 4. The molecule has 2 aliphatic rings. The number of hydrogen-bond acceptors (Lipinski definition) is 5. The lowest BCUT2D eigenvalue weighted by Crippen LogP contribution is -2.47. The molecule has 8 heteroatoms. The number of ketones is 1. The number of anilines is 1. The average Bonchev–Trinajstić information content (AvgIpc) is 3.04. The molecule has 0 bridgehead atoms. The number of nitrogens with zero attached hydrogens (tertiary/aromatic N) is 1. The highest BCUT2D eigenvalue weighted by atomic mass is 16.5. The molecule has 33 heavy (non-hydrogen) atoms. The van der Waals surface area contributed by atoms with Gasteiger partial charge in [-0.2, -0.15) is 0 Å². The van der Waals surface area contributed by atoms with E-state index in [1.54, 1.807) is 48.5 Å². The molecule has 2 aromatic rings. The van der Waals surface area contributed by atoms with Gasteiger partial charge in [-0.1, -0.05) is 38.0 Å². The predicted octanol–water partition coefficient (Wildman–Crippen LogP) is 3.62. The van der Waals surface area contributed by atoms with Crippen molar-refractivity contribution in [2.45, 2.75) is 44.6 Å². The third-order valence-electron chi connectivity index (χ3n) is 6.06. The molecule has 2 aromatic carbocycles. The summed E-state index contributed by atoms with van der Waals surface area (Å²) >= 11 is 0. The fraction of sp³-hybridized carbons (Fsp3) is 0.360. The second kappa shape index (κ2) is 9.44. The van der Waals surface area contributed by atoms with Crippen molar-refractivity contribution in [1.82, 2.24) is 10.2 Å². The van der Waals surface area contributed by atoms with Crippen LogP contribution in [0.4, 0.5) is 10.5 Å². The molecular weight excluding hydrogens is 422 g/mol. The molecule has 1 saturated heterocycles. The van der Waals surface area contributed by atoms with Gasteiger partial charge in [0.15, 0.2) is 11.3 Å². The van der Waals surface area contributed by atoms with Crippen molar-refractivity contribution in [3.05, 3.63) is 59.7 Å². The first-order chi connectivity index (χ1) is 15.9. The molecular formula is C25H27N3O5. The maximum absolute atomic E-state index is 13.3. The van der Waals surface area contributed by atoms with E-state index in [1.165, 1.54) is 0 Å². The summed E-state index contributed by atoms with van der Waals surface area (Å²) in [7, 11) is 0. The second-order valence-corrected chi connectivity index (χ2v) is 8.33. The maximum Gasteiger partial charge on any atom is 0.325 e. The molecule has 0 radical (unpaired) electrons. The lowest BCUT2D eigenvalue weighted by Gasteiger charge is -2.33. The quantitative estimate of drug-likeness (QED) is 0.364. The number of ether oxygens (including phenoxy) is 1. The Kier molecular flexibility index (Phi) is 6.44. The zero-order valence-electron chi connectivity index (χ0n) is 18.6. The highest BCUT2D eigenvalue weighted by molar-refractivity contribution is 6.11. The molecule has 2 aliphatic heterocycles. The minimum absolute atomic E-state index is 0.0658. The Labute approximate surface area is 192 Å². The van der Waals surface area contributed by atoms with E-state index >= 15 is 0 Å². The van der Waals surface area contributed by atoms with Crippen LogP contribution in [0.15, 0.2) is 48.5 Å². The van der Waals surface area contributed by atoms with E-state index in [0.717, 1.165) is 24.2 Å². The summed E-state index contributed by atoms with van der Waals surface area (Å²) in [6, 6.07) is 13.0. The van der Waals surface area contributed by atoms with Gasteiger partial charge in [0.2, 0.25) is 5.91 Å². The molecule has 1 atom stereocenters. The van der Waals surface area contributed by atoms with E-state index in [0.29, 0.717) is 35.4 Å². The molecule has 0 unspecified atom stereocenters. The van der Waals surface area contributed by atoms with E-state index in [4.69, 9.17) is 4.74 Å². The van der Waals surface area contributed by atoms with Crippen molar-refractivity contribution >= 4 is 29.3 Å². The molecule has 1 fully saturated rings. The van der Waals surface area contributed by atoms with Crippen LogP contribution in [-0.4, -0.2) is 41.7 Å². The van der Waals surface area contributed by atoms with Gasteiger partial charge in [-0.3, -0.25) is 19.3 Å². The van der Waals surface area contributed by atoms with Crippen molar-refractivity contribution in [2.75, 3.05) is 18.5 Å². The monoisotopic (exact) mass is 449 g/mol. The fourth-order valence-corrected chi connectivity index (χ4v) is 4.25. The summed E-state index contributed by atoms with van der Waals surface area (Å²) < 4.78 is 5.63. The van der Waals surface area contributed by atoms with Crippen LogP contribution >= 0.6 is 0 Å². The highest BCUT2D eigenvalue weighted by Gasteiger charge is 2.55. The predicted molar refractivity (Wildman–Crippen MR) is 122 cm³/mol. The second-order valence-electron chi connectivity index (χ2n) is 8.33. The molecule has 0 saturated carbocycles. The Hall–Kier alpha value is -3.68. The van der Waals surface area contributed by atoms with E-state index in [9.17, 15) is 19.2 Å². The number of benzene rings is 2. The van der Waals surface area contributed by atoms with Crippen molar-refractivity contribution < 1.29 is 23.9 Å². The standard InChI is InChI=1S/C25H27N3O5/c1-2-3-4-9-22(30)26-18-12-10-17(11-13-18)20(29)16-28-23(31)25(27-24(28)32)14-15-33-21-8-6-5-7-19(21)25/h5-8,10-13H,2-4,9,14-16H2,1H3,(H,26,30)(H,27,32)/t25-/m0/s1. The maximum atomic E-state index is 13.3. The number of imide groups is 1. The summed E-state index contributed by atoms with van der Waals surface area (Å²) in [6.45, 7) is 2.00. The van der Waals surface area contributed by atoms with Crippen LogP contribution in [0, 0.1) is 0 Å². The van der Waals surface area contributed by atoms with Gasteiger partial charge in [0.1, 0.15) is 5.75 Å². The van der Waals surface area contributed by atoms with Gasteiger partial charge in [0.25, 0.3) is 5.91 Å². The number of rotatable bonds is 8. The van der Waals surface area contributed by atoms with Crippen LogP contribution in [0.25, 0.3) is 0 Å². The molecule has 2 N–H and O–H groups in total. The van der Waals surface area contributed by atoms with Crippen LogP contribution in [0.3, 0.4) is 0 Å². The Balaban J connectivity index is 1.42. The lowest BCUT2D eigenvalue weighted by atomic mass is 9.84. The molecule has 8 nitrogen and oxygen atoms in total. The average molecular weight is 450 g/mol. The third kappa shape index (κ3) is 4.46. The van der Waals surface area contributed by atoms with E-state index < -0.39 is 17.5 Å². The Morgan fingerprint density at radius 2 is 1.85 bits per heavy atom. The number of carbonyl (C=O) groups excluding carboxylic acids is 4. The van der Waals surface area contributed by atoms with Crippen molar-refractivity contribution in [3.63, 3.8) is 0 Å². The van der Waals surface area contributed by atoms with Gasteiger partial charge in [0, 0.05) is 29.7 Å². The van der Waals surface area contributed by atoms with Crippen LogP contribution in [0.1, 0.15) is 54.9 Å². The number of para-hydroxylation sites is 1. The van der Waals surface area contributed by atoms with Crippen LogP contribution in [0.5, 0.6) is 5.75 Å². The number of unbranched alkanes of at least 4 members (excludes halogenated alkanes) is 2. The van der Waals surface area contributed by atoms with Crippen molar-refractivity contribution in [3.8, 4) is 5.75 Å². The molecule has 1 spiro atoms. The van der Waals surface area contributed by atoms with Gasteiger partial charge < -0.3 is 15.4 Å². The van der Waals surface area contributed by atoms with Crippen LogP contribution in [0.2, 0.25) is 0 Å². The summed E-state index contributed by atoms with van der Waals surface area (Å²) in [5.74, 6) is -0.328. The van der Waals surface area contributed by atoms with Gasteiger partial charge in [0.05, 0.1) is 13.2 Å². The van der Waals surface area contributed by atoms with Gasteiger partial charge in [-0.25, -0.2) is 4.79 Å². The minimum Gasteiger partial charge on any atom is -0.493 e. The summed E-state index contributed by atoms with van der Waals surface area (Å²) in [6.07, 6.45) is 3.64. The summed E-state index contributed by atoms with van der Waals surface area (Å²) in [4.78, 5) is 51.7. The topological polar surface area (TPSA) is 105 Å². The SMILES string of the molecule is CCCCCC(=O)Nc1ccc(C(=O)CN2C(=O)N[C@]3(CCOc4ccccc43)C2=O)cc1. The largest absolute Gasteiger partial charge is 0.493 e. The van der Waals surface area contributed by atoms with Gasteiger partial charge in [-0.05, 0) is 36.8 Å². The first kappa shape index (κ1) is 22.5. The number of fused-ring (bicyclic) bond motifs is 2. The highest BCUT2D eigenvalue weighted by Crippen LogP contribution is 2.40. The lowest BCUT2D eigenvalue weighted by molar-refractivity contribution is -0.132. The number of Topliss-reactive ketones (excluding diaryl/α,β-unsaturated/α-hetero) is 1. The molecule has 172 valence electrons. The zero-order valence-corrected chi connectivity index (χ0v) is 18.6. The van der Waals surface area contributed by atoms with Crippen molar-refractivity contribution in [1.29, 1.82) is 0 Å². The number of urea groups is 1. The molecule has 4 amide bonds. The normalized spacial score (nSPS) is 19.1. The summed E-state index contributed by atoms with van der Waals surface area (Å²) in [5, 5.41) is 5.60. The minimum atomic E-state index is -1.21. The van der Waals surface area contributed by atoms with E-state index in [-0.39, 0.29) is 24.8 Å². The Morgan fingerprint density at radius 3 is 2.61 bits per heavy atom. The molecule has 0 aromatic heterocycles. The van der Waals surface area contributed by atoms with E-state index in [1.807, 2.05) is 0 Å². The van der Waals surface area contributed by atoms with E-state index in [2.05, 4.69) is 17.6 Å². The smallest absolute Gasteiger partial charge is 0.325 e. The van der Waals surface area contributed by atoms with Gasteiger partial charge in [-0.15, -0.1) is 0 Å². The van der Waals surface area contributed by atoms with Crippen LogP contribution in [-0.2, 0) is 15.1 Å². The Bertz CT molecular complexity index is 1080. The summed E-state index contributed by atoms with van der Waals surface area (Å²) in [5.41, 5.74) is 0.343. The molecule has 4 rings (SSSR count). The Morgan fingerprint density at radius 1 is 1.09 bits per heavy atom. The first-order valence-corrected chi connectivity index (χ1v) is 11.2. The molecule has 0 aliphatic carbocycles. The zero-order chi connectivity index (χ0) is 23.4. The fourth-order valence-electron chi connectivity index (χ4n) is 4.25. The first-order valence-electron chi connectivity index (χ1n) is 11.2. The number of hydrogen-bond donors (Lipinski definition) is 2. The number of nitrogens with one attached hydrogen (secondary N) is 2. The van der Waals surface area contributed by atoms with Crippen LogP contribution < -0.4 is 15.4 Å². The number of amides is 4.